The largest absolute Gasteiger partial charge is 0.329 e. The van der Waals surface area contributed by atoms with Gasteiger partial charge in [0, 0.05) is 17.0 Å². The van der Waals surface area contributed by atoms with Crippen LogP contribution in [0.1, 0.15) is 49.0 Å². The van der Waals surface area contributed by atoms with E-state index in [0.717, 1.165) is 17.7 Å². The molecule has 0 aliphatic heterocycles. The van der Waals surface area contributed by atoms with Gasteiger partial charge in [-0.15, -0.1) is 11.8 Å². The summed E-state index contributed by atoms with van der Waals surface area (Å²) in [5, 5.41) is 1.28. The summed E-state index contributed by atoms with van der Waals surface area (Å²) in [5.41, 5.74) is 8.73. The molecule has 3 unspecified atom stereocenters. The number of aryl methyl sites for hydroxylation is 1. The molecule has 2 heteroatoms. The number of thioether (sulfide) groups is 1. The fourth-order valence-corrected chi connectivity index (χ4v) is 4.50. The second-order valence-corrected chi connectivity index (χ2v) is 7.18. The van der Waals surface area contributed by atoms with Crippen molar-refractivity contribution in [2.45, 2.75) is 50.0 Å². The van der Waals surface area contributed by atoms with Gasteiger partial charge in [-0.3, -0.25) is 0 Å². The maximum absolute atomic E-state index is 5.99. The van der Waals surface area contributed by atoms with Crippen molar-refractivity contribution in [1.29, 1.82) is 0 Å². The van der Waals surface area contributed by atoms with Crippen molar-refractivity contribution in [3.8, 4) is 0 Å². The van der Waals surface area contributed by atoms with Crippen LogP contribution in [0.3, 0.4) is 0 Å². The van der Waals surface area contributed by atoms with Crippen molar-refractivity contribution in [2.75, 3.05) is 6.54 Å². The van der Waals surface area contributed by atoms with Gasteiger partial charge in [0.25, 0.3) is 0 Å². The predicted octanol–water partition coefficient (Wildman–Crippen LogP) is 4.31. The van der Waals surface area contributed by atoms with E-state index in [1.807, 2.05) is 0 Å². The first-order valence-electron chi connectivity index (χ1n) is 7.11. The summed E-state index contributed by atoms with van der Waals surface area (Å²) in [5.74, 6) is 0.896. The van der Waals surface area contributed by atoms with Gasteiger partial charge in [-0.25, -0.2) is 0 Å². The standard InChI is InChI=1S/C16H25NS/c1-12-5-3-7-14(9-12)16(11-17)18-15-8-4-6-13(2)10-15/h3,5,7,9,13,15-16H,4,6,8,10-11,17H2,1-2H3. The Balaban J connectivity index is 2.00. The Hall–Kier alpha value is -0.470. The SMILES string of the molecule is Cc1cccc(C(CN)SC2CCCC(C)C2)c1. The Morgan fingerprint density at radius 2 is 2.22 bits per heavy atom. The van der Waals surface area contributed by atoms with Gasteiger partial charge in [0.15, 0.2) is 0 Å². The molecular formula is C16H25NS. The molecule has 2 rings (SSSR count). The smallest absolute Gasteiger partial charge is 0.0422 e. The van der Waals surface area contributed by atoms with E-state index < -0.39 is 0 Å². The fourth-order valence-electron chi connectivity index (χ4n) is 2.87. The summed E-state index contributed by atoms with van der Waals surface area (Å²) in [6.45, 7) is 5.29. The summed E-state index contributed by atoms with van der Waals surface area (Å²) >= 11 is 2.11. The third-order valence-electron chi connectivity index (χ3n) is 3.87. The van der Waals surface area contributed by atoms with Crippen LogP contribution in [0.25, 0.3) is 0 Å². The quantitative estimate of drug-likeness (QED) is 0.876. The normalized spacial score (nSPS) is 25.9. The van der Waals surface area contributed by atoms with Crippen molar-refractivity contribution in [3.63, 3.8) is 0 Å². The Bertz CT molecular complexity index is 377. The fraction of sp³-hybridized carbons (Fsp3) is 0.625. The average molecular weight is 263 g/mol. The number of rotatable bonds is 4. The lowest BCUT2D eigenvalue weighted by Crippen LogP contribution is -2.19. The van der Waals surface area contributed by atoms with Gasteiger partial charge in [0.2, 0.25) is 0 Å². The molecule has 1 aromatic rings. The molecule has 0 aromatic heterocycles. The van der Waals surface area contributed by atoms with Gasteiger partial charge in [-0.05, 0) is 31.2 Å². The lowest BCUT2D eigenvalue weighted by atomic mass is 9.90. The van der Waals surface area contributed by atoms with E-state index >= 15 is 0 Å². The van der Waals surface area contributed by atoms with E-state index in [4.69, 9.17) is 5.73 Å². The third kappa shape index (κ3) is 3.76. The van der Waals surface area contributed by atoms with E-state index in [1.54, 1.807) is 0 Å². The Kier molecular flexibility index (Phi) is 5.13. The molecule has 0 amide bonds. The monoisotopic (exact) mass is 263 g/mol. The van der Waals surface area contributed by atoms with Crippen molar-refractivity contribution in [3.05, 3.63) is 35.4 Å². The van der Waals surface area contributed by atoms with Crippen LogP contribution in [-0.2, 0) is 0 Å². The van der Waals surface area contributed by atoms with Crippen LogP contribution < -0.4 is 5.73 Å². The lowest BCUT2D eigenvalue weighted by molar-refractivity contribution is 0.393. The van der Waals surface area contributed by atoms with Gasteiger partial charge in [-0.2, -0.15) is 0 Å². The van der Waals surface area contributed by atoms with Crippen LogP contribution in [0.15, 0.2) is 24.3 Å². The molecule has 18 heavy (non-hydrogen) atoms. The van der Waals surface area contributed by atoms with Crippen LogP contribution in [0.5, 0.6) is 0 Å². The molecule has 1 nitrogen and oxygen atoms in total. The molecule has 1 fully saturated rings. The van der Waals surface area contributed by atoms with Gasteiger partial charge < -0.3 is 5.73 Å². The topological polar surface area (TPSA) is 26.0 Å². The summed E-state index contributed by atoms with van der Waals surface area (Å²) in [6.07, 6.45) is 5.54. The minimum absolute atomic E-state index is 0.472. The summed E-state index contributed by atoms with van der Waals surface area (Å²) in [7, 11) is 0. The maximum atomic E-state index is 5.99. The van der Waals surface area contributed by atoms with Crippen molar-refractivity contribution in [1.82, 2.24) is 0 Å². The minimum atomic E-state index is 0.472. The molecule has 1 aliphatic rings. The number of hydrogen-bond acceptors (Lipinski definition) is 2. The molecule has 0 heterocycles. The Morgan fingerprint density at radius 1 is 1.39 bits per heavy atom. The molecule has 1 saturated carbocycles. The zero-order chi connectivity index (χ0) is 13.0. The molecule has 1 aromatic carbocycles. The summed E-state index contributed by atoms with van der Waals surface area (Å²) in [4.78, 5) is 0. The molecule has 0 saturated heterocycles. The molecule has 2 N–H and O–H groups in total. The average Bonchev–Trinajstić information content (AvgIpc) is 2.36. The van der Waals surface area contributed by atoms with Crippen molar-refractivity contribution < 1.29 is 0 Å². The van der Waals surface area contributed by atoms with E-state index in [9.17, 15) is 0 Å². The maximum Gasteiger partial charge on any atom is 0.0422 e. The highest BCUT2D eigenvalue weighted by molar-refractivity contribution is 8.00. The Morgan fingerprint density at radius 3 is 2.89 bits per heavy atom. The van der Waals surface area contributed by atoms with Crippen LogP contribution in [0, 0.1) is 12.8 Å². The highest BCUT2D eigenvalue weighted by Gasteiger charge is 2.23. The van der Waals surface area contributed by atoms with E-state index in [2.05, 4.69) is 49.9 Å². The van der Waals surface area contributed by atoms with Crippen LogP contribution in [0.4, 0.5) is 0 Å². The van der Waals surface area contributed by atoms with E-state index in [-0.39, 0.29) is 0 Å². The van der Waals surface area contributed by atoms with Crippen LogP contribution in [-0.4, -0.2) is 11.8 Å². The van der Waals surface area contributed by atoms with Gasteiger partial charge in [0.1, 0.15) is 0 Å². The van der Waals surface area contributed by atoms with Crippen molar-refractivity contribution >= 4 is 11.8 Å². The minimum Gasteiger partial charge on any atom is -0.329 e. The van der Waals surface area contributed by atoms with Gasteiger partial charge in [-0.1, -0.05) is 49.6 Å². The van der Waals surface area contributed by atoms with E-state index in [1.165, 1.54) is 36.8 Å². The molecule has 0 bridgehead atoms. The molecule has 3 atom stereocenters. The van der Waals surface area contributed by atoms with E-state index in [0.29, 0.717) is 5.25 Å². The summed E-state index contributed by atoms with van der Waals surface area (Å²) in [6, 6.07) is 8.82. The molecule has 1 aliphatic carbocycles. The predicted molar refractivity (Wildman–Crippen MR) is 82.0 cm³/mol. The number of benzene rings is 1. The highest BCUT2D eigenvalue weighted by atomic mass is 32.2. The molecule has 100 valence electrons. The first kappa shape index (κ1) is 14.0. The van der Waals surface area contributed by atoms with Crippen LogP contribution in [0.2, 0.25) is 0 Å². The number of nitrogens with two attached hydrogens (primary N) is 1. The highest BCUT2D eigenvalue weighted by Crippen LogP contribution is 2.39. The first-order chi connectivity index (χ1) is 8.69. The van der Waals surface area contributed by atoms with Gasteiger partial charge >= 0.3 is 0 Å². The molecular weight excluding hydrogens is 238 g/mol. The molecule has 0 spiro atoms. The zero-order valence-electron chi connectivity index (χ0n) is 11.6. The number of hydrogen-bond donors (Lipinski definition) is 1. The second-order valence-electron chi connectivity index (χ2n) is 5.67. The van der Waals surface area contributed by atoms with Gasteiger partial charge in [0.05, 0.1) is 0 Å². The zero-order valence-corrected chi connectivity index (χ0v) is 12.4. The summed E-state index contributed by atoms with van der Waals surface area (Å²) < 4.78 is 0. The lowest BCUT2D eigenvalue weighted by Gasteiger charge is -2.29. The third-order valence-corrected chi connectivity index (χ3v) is 5.48. The van der Waals surface area contributed by atoms with Crippen molar-refractivity contribution in [2.24, 2.45) is 11.7 Å². The first-order valence-corrected chi connectivity index (χ1v) is 8.05. The Labute approximate surface area is 116 Å². The molecule has 0 radical (unpaired) electrons. The second kappa shape index (κ2) is 6.63. The van der Waals surface area contributed by atoms with Crippen LogP contribution >= 0.6 is 11.8 Å².